The first-order valence-electron chi connectivity index (χ1n) is 13.5. The van der Waals surface area contributed by atoms with Crippen LogP contribution in [0.25, 0.3) is 0 Å². The molecule has 0 radical (unpaired) electrons. The van der Waals surface area contributed by atoms with Crippen molar-refractivity contribution in [3.05, 3.63) is 106 Å². The molecule has 1 aliphatic rings. The van der Waals surface area contributed by atoms with Crippen molar-refractivity contribution >= 4 is 11.6 Å². The molecule has 4 nitrogen and oxygen atoms in total. The van der Waals surface area contributed by atoms with E-state index in [-0.39, 0.29) is 30.6 Å². The highest BCUT2D eigenvalue weighted by Gasteiger charge is 2.47. The van der Waals surface area contributed by atoms with Crippen LogP contribution in [0.1, 0.15) is 85.6 Å². The van der Waals surface area contributed by atoms with Crippen molar-refractivity contribution < 1.29 is 19.8 Å². The van der Waals surface area contributed by atoms with Crippen LogP contribution in [0.15, 0.2) is 100 Å². The number of allylic oxidation sites excluding steroid dienone is 11. The molecular formula is C34H44O4. The van der Waals surface area contributed by atoms with Crippen molar-refractivity contribution in [3.63, 3.8) is 0 Å². The van der Waals surface area contributed by atoms with E-state index in [1.165, 1.54) is 17.2 Å². The number of carbonyl (C=O) groups excluding carboxylic acids is 2. The highest BCUT2D eigenvalue weighted by Crippen LogP contribution is 2.43. The lowest BCUT2D eigenvalue weighted by molar-refractivity contribution is -0.127. The lowest BCUT2D eigenvalue weighted by atomic mass is 9.68. The molecule has 38 heavy (non-hydrogen) atoms. The van der Waals surface area contributed by atoms with Crippen molar-refractivity contribution in [2.24, 2.45) is 5.41 Å². The number of hydrogen-bond acceptors (Lipinski definition) is 4. The number of Topliss-reactive ketones (excluding diaryl/α,β-unsaturated/α-hetero) is 2. The van der Waals surface area contributed by atoms with Gasteiger partial charge >= 0.3 is 0 Å². The maximum absolute atomic E-state index is 14.0. The van der Waals surface area contributed by atoms with Gasteiger partial charge in [0.2, 0.25) is 0 Å². The Morgan fingerprint density at radius 1 is 0.789 bits per heavy atom. The van der Waals surface area contributed by atoms with Crippen LogP contribution >= 0.6 is 0 Å². The molecule has 0 amide bonds. The number of hydrogen-bond donors (Lipinski definition) is 2. The second-order valence-electron chi connectivity index (χ2n) is 10.9. The second-order valence-corrected chi connectivity index (χ2v) is 10.9. The zero-order chi connectivity index (χ0) is 28.3. The smallest absolute Gasteiger partial charge is 0.184 e. The average Bonchev–Trinajstić information content (AvgIpc) is 2.83. The van der Waals surface area contributed by atoms with Crippen LogP contribution < -0.4 is 0 Å². The van der Waals surface area contributed by atoms with Crippen LogP contribution in [-0.2, 0) is 16.0 Å². The number of benzene rings is 1. The SMILES string of the molecule is CC(C)=CCC/C(C)=C/CC1(C/C=C(\C)CCC=C(C)C)C(=O)C(C(=O)Cc2ccccc2)=C(O)C=C1O. The molecule has 0 heterocycles. The first-order chi connectivity index (χ1) is 18.0. The normalized spacial score (nSPS) is 18.3. The maximum Gasteiger partial charge on any atom is 0.184 e. The minimum absolute atomic E-state index is 0.00575. The van der Waals surface area contributed by atoms with Crippen LogP contribution in [-0.4, -0.2) is 21.8 Å². The lowest BCUT2D eigenvalue weighted by Crippen LogP contribution is -2.39. The summed E-state index contributed by atoms with van der Waals surface area (Å²) in [6, 6.07) is 9.17. The van der Waals surface area contributed by atoms with E-state index in [0.29, 0.717) is 0 Å². The molecule has 0 saturated heterocycles. The molecule has 1 aromatic rings. The standard InChI is InChI=1S/C34H44O4/c1-24(2)12-10-14-26(5)18-20-34(21-19-27(6)15-11-13-25(3)4)31(37)23-30(36)32(33(34)38)29(35)22-28-16-8-7-9-17-28/h7-9,12-13,16-19,23,36-37H,10-11,14-15,20-22H2,1-6H3/b26-18+,27-19+. The van der Waals surface area contributed by atoms with Crippen molar-refractivity contribution in [3.8, 4) is 0 Å². The van der Waals surface area contributed by atoms with Gasteiger partial charge in [0, 0.05) is 12.5 Å². The largest absolute Gasteiger partial charge is 0.511 e. The van der Waals surface area contributed by atoms with Gasteiger partial charge in [-0.3, -0.25) is 9.59 Å². The maximum atomic E-state index is 14.0. The van der Waals surface area contributed by atoms with Crippen molar-refractivity contribution in [2.75, 3.05) is 0 Å². The van der Waals surface area contributed by atoms with Gasteiger partial charge in [0.05, 0.1) is 5.41 Å². The van der Waals surface area contributed by atoms with E-state index >= 15 is 0 Å². The van der Waals surface area contributed by atoms with Crippen LogP contribution in [0.2, 0.25) is 0 Å². The fourth-order valence-corrected chi connectivity index (χ4v) is 4.51. The molecule has 0 unspecified atom stereocenters. The molecule has 0 spiro atoms. The highest BCUT2D eigenvalue weighted by atomic mass is 16.3. The van der Waals surface area contributed by atoms with Crippen LogP contribution in [0.4, 0.5) is 0 Å². The first kappa shape index (κ1) is 30.8. The van der Waals surface area contributed by atoms with Gasteiger partial charge in [-0.15, -0.1) is 0 Å². The van der Waals surface area contributed by atoms with E-state index in [1.54, 1.807) is 0 Å². The Kier molecular flexibility index (Phi) is 11.8. The molecule has 2 N–H and O–H groups in total. The summed E-state index contributed by atoms with van der Waals surface area (Å²) in [5, 5.41) is 21.8. The van der Waals surface area contributed by atoms with Crippen LogP contribution in [0.3, 0.4) is 0 Å². The van der Waals surface area contributed by atoms with Gasteiger partial charge in [-0.05, 0) is 85.6 Å². The third-order valence-corrected chi connectivity index (χ3v) is 6.95. The van der Waals surface area contributed by atoms with E-state index in [9.17, 15) is 19.8 Å². The van der Waals surface area contributed by atoms with Crippen molar-refractivity contribution in [1.82, 2.24) is 0 Å². The van der Waals surface area contributed by atoms with Gasteiger partial charge in [-0.25, -0.2) is 0 Å². The number of aliphatic hydroxyl groups excluding tert-OH is 2. The number of aliphatic hydroxyl groups is 2. The molecule has 2 rings (SSSR count). The lowest BCUT2D eigenvalue weighted by Gasteiger charge is -2.34. The average molecular weight is 517 g/mol. The predicted molar refractivity (Wildman–Crippen MR) is 157 cm³/mol. The van der Waals surface area contributed by atoms with Gasteiger partial charge in [0.1, 0.15) is 17.1 Å². The molecule has 0 atom stereocenters. The molecule has 1 aliphatic carbocycles. The third kappa shape index (κ3) is 8.86. The summed E-state index contributed by atoms with van der Waals surface area (Å²) < 4.78 is 0. The molecule has 0 bridgehead atoms. The minimum Gasteiger partial charge on any atom is -0.511 e. The molecule has 0 aromatic heterocycles. The summed E-state index contributed by atoms with van der Waals surface area (Å²) in [6.45, 7) is 12.3. The monoisotopic (exact) mass is 516 g/mol. The highest BCUT2D eigenvalue weighted by molar-refractivity contribution is 6.24. The quantitative estimate of drug-likeness (QED) is 0.203. The van der Waals surface area contributed by atoms with E-state index in [1.807, 2.05) is 56.3 Å². The fraction of sp³-hybridized carbons (Fsp3) is 0.412. The summed E-state index contributed by atoms with van der Waals surface area (Å²) in [4.78, 5) is 27.3. The third-order valence-electron chi connectivity index (χ3n) is 6.95. The van der Waals surface area contributed by atoms with Gasteiger partial charge < -0.3 is 10.2 Å². The Balaban J connectivity index is 2.42. The van der Waals surface area contributed by atoms with E-state index in [0.717, 1.165) is 42.4 Å². The van der Waals surface area contributed by atoms with Crippen LogP contribution in [0.5, 0.6) is 0 Å². The summed E-state index contributed by atoms with van der Waals surface area (Å²) >= 11 is 0. The summed E-state index contributed by atoms with van der Waals surface area (Å²) in [5.74, 6) is -1.62. The number of ketones is 2. The topological polar surface area (TPSA) is 74.6 Å². The number of rotatable bonds is 13. The Morgan fingerprint density at radius 3 is 1.76 bits per heavy atom. The van der Waals surface area contributed by atoms with Gasteiger partial charge in [0.15, 0.2) is 11.6 Å². The Bertz CT molecular complexity index is 1140. The Labute approximate surface area is 228 Å². The zero-order valence-electron chi connectivity index (χ0n) is 23.9. The Hall–Kier alpha value is -3.40. The van der Waals surface area contributed by atoms with Crippen molar-refractivity contribution in [1.29, 1.82) is 0 Å². The summed E-state index contributed by atoms with van der Waals surface area (Å²) in [7, 11) is 0. The van der Waals surface area contributed by atoms with E-state index < -0.39 is 22.7 Å². The summed E-state index contributed by atoms with van der Waals surface area (Å²) in [6.07, 6.45) is 13.5. The molecule has 0 aliphatic heterocycles. The molecule has 4 heteroatoms. The van der Waals surface area contributed by atoms with Gasteiger partial charge in [0.25, 0.3) is 0 Å². The molecule has 0 fully saturated rings. The molecule has 0 saturated carbocycles. The molecule has 204 valence electrons. The van der Waals surface area contributed by atoms with E-state index in [2.05, 4.69) is 39.8 Å². The van der Waals surface area contributed by atoms with Gasteiger partial charge in [-0.2, -0.15) is 0 Å². The zero-order valence-corrected chi connectivity index (χ0v) is 23.9. The van der Waals surface area contributed by atoms with Crippen molar-refractivity contribution in [2.45, 2.75) is 86.5 Å². The first-order valence-corrected chi connectivity index (χ1v) is 13.5. The molecular weight excluding hydrogens is 472 g/mol. The Morgan fingerprint density at radius 2 is 1.29 bits per heavy atom. The predicted octanol–water partition coefficient (Wildman–Crippen LogP) is 8.79. The second kappa shape index (κ2) is 14.5. The number of carbonyl (C=O) groups is 2. The minimum atomic E-state index is -1.33. The van der Waals surface area contributed by atoms with Gasteiger partial charge in [-0.1, -0.05) is 76.9 Å². The summed E-state index contributed by atoms with van der Waals surface area (Å²) in [5.41, 5.74) is 3.95. The fourth-order valence-electron chi connectivity index (χ4n) is 4.51. The van der Waals surface area contributed by atoms with Crippen LogP contribution in [0, 0.1) is 5.41 Å². The molecule has 1 aromatic carbocycles. The van der Waals surface area contributed by atoms with E-state index in [4.69, 9.17) is 0 Å².